The van der Waals surface area contributed by atoms with Crippen molar-refractivity contribution in [3.63, 3.8) is 0 Å². The van der Waals surface area contributed by atoms with Crippen LogP contribution in [0.5, 0.6) is 11.5 Å². The molecule has 0 fully saturated rings. The molecule has 2 aromatic rings. The smallest absolute Gasteiger partial charge is 0.161 e. The van der Waals surface area contributed by atoms with Gasteiger partial charge >= 0.3 is 0 Å². The van der Waals surface area contributed by atoms with E-state index in [0.29, 0.717) is 0 Å². The average molecular weight is 384 g/mol. The second-order valence-electron chi connectivity index (χ2n) is 7.00. The summed E-state index contributed by atoms with van der Waals surface area (Å²) in [5.41, 5.74) is 3.32. The highest BCUT2D eigenvalue weighted by Gasteiger charge is 2.32. The number of ether oxygens (including phenoxy) is 2. The SMILES string of the molecule is CCCC[C@]1(CC)CSc2cc(OC)c(OC)cc2C(c2ccccc2)=N1. The van der Waals surface area contributed by atoms with Gasteiger partial charge in [-0.15, -0.1) is 11.8 Å². The molecule has 0 saturated heterocycles. The predicted octanol–water partition coefficient (Wildman–Crippen LogP) is 5.99. The molecule has 144 valence electrons. The number of hydrogen-bond acceptors (Lipinski definition) is 4. The largest absolute Gasteiger partial charge is 0.493 e. The first kappa shape index (κ1) is 19.8. The molecule has 27 heavy (non-hydrogen) atoms. The third-order valence-corrected chi connectivity index (χ3v) is 6.62. The highest BCUT2D eigenvalue weighted by molar-refractivity contribution is 7.99. The molecule has 3 rings (SSSR count). The lowest BCUT2D eigenvalue weighted by atomic mass is 9.91. The normalized spacial score (nSPS) is 19.0. The van der Waals surface area contributed by atoms with E-state index in [0.717, 1.165) is 46.9 Å². The number of thioether (sulfide) groups is 1. The van der Waals surface area contributed by atoms with Crippen LogP contribution in [0, 0.1) is 0 Å². The third kappa shape index (κ3) is 4.16. The minimum absolute atomic E-state index is 0.0364. The summed E-state index contributed by atoms with van der Waals surface area (Å²) in [7, 11) is 3.38. The predicted molar refractivity (Wildman–Crippen MR) is 115 cm³/mol. The molecule has 1 heterocycles. The zero-order chi connectivity index (χ0) is 19.3. The van der Waals surface area contributed by atoms with Crippen molar-refractivity contribution in [1.29, 1.82) is 0 Å². The average Bonchev–Trinajstić information content (AvgIpc) is 2.89. The minimum Gasteiger partial charge on any atom is -0.493 e. The van der Waals surface area contributed by atoms with E-state index in [9.17, 15) is 0 Å². The van der Waals surface area contributed by atoms with E-state index in [-0.39, 0.29) is 5.54 Å². The second kappa shape index (κ2) is 8.83. The fraction of sp³-hybridized carbons (Fsp3) is 0.435. The van der Waals surface area contributed by atoms with Crippen LogP contribution in [-0.2, 0) is 0 Å². The van der Waals surface area contributed by atoms with Gasteiger partial charge in [0.1, 0.15) is 0 Å². The summed E-state index contributed by atoms with van der Waals surface area (Å²) in [6, 6.07) is 14.7. The van der Waals surface area contributed by atoms with E-state index >= 15 is 0 Å². The van der Waals surface area contributed by atoms with Crippen molar-refractivity contribution in [2.45, 2.75) is 50.0 Å². The van der Waals surface area contributed by atoms with E-state index in [4.69, 9.17) is 14.5 Å². The highest BCUT2D eigenvalue weighted by atomic mass is 32.2. The van der Waals surface area contributed by atoms with Crippen LogP contribution in [0.1, 0.15) is 50.7 Å². The minimum atomic E-state index is -0.0364. The number of fused-ring (bicyclic) bond motifs is 1. The Morgan fingerprint density at radius 3 is 2.37 bits per heavy atom. The van der Waals surface area contributed by atoms with Gasteiger partial charge in [0.2, 0.25) is 0 Å². The lowest BCUT2D eigenvalue weighted by Crippen LogP contribution is -2.29. The van der Waals surface area contributed by atoms with Crippen LogP contribution in [-0.4, -0.2) is 31.2 Å². The molecule has 0 bridgehead atoms. The highest BCUT2D eigenvalue weighted by Crippen LogP contribution is 2.42. The molecular formula is C23H29NO2S. The van der Waals surface area contributed by atoms with E-state index in [2.05, 4.69) is 56.3 Å². The fourth-order valence-corrected chi connectivity index (χ4v) is 4.85. The molecule has 3 nitrogen and oxygen atoms in total. The van der Waals surface area contributed by atoms with E-state index in [1.165, 1.54) is 17.7 Å². The van der Waals surface area contributed by atoms with Crippen LogP contribution >= 0.6 is 11.8 Å². The Hall–Kier alpha value is -1.94. The van der Waals surface area contributed by atoms with Gasteiger partial charge in [0.25, 0.3) is 0 Å². The zero-order valence-electron chi connectivity index (χ0n) is 16.7. The van der Waals surface area contributed by atoms with Gasteiger partial charge in [-0.2, -0.15) is 0 Å². The monoisotopic (exact) mass is 383 g/mol. The summed E-state index contributed by atoms with van der Waals surface area (Å²) >= 11 is 1.89. The van der Waals surface area contributed by atoms with Crippen molar-refractivity contribution < 1.29 is 9.47 Å². The summed E-state index contributed by atoms with van der Waals surface area (Å²) in [6.45, 7) is 4.51. The van der Waals surface area contributed by atoms with Crippen molar-refractivity contribution in [2.75, 3.05) is 20.0 Å². The number of nitrogens with zero attached hydrogens (tertiary/aromatic N) is 1. The van der Waals surface area contributed by atoms with E-state index in [1.807, 2.05) is 11.8 Å². The molecule has 0 radical (unpaired) electrons. The summed E-state index contributed by atoms with van der Waals surface area (Å²) in [5.74, 6) is 2.51. The van der Waals surface area contributed by atoms with Gasteiger partial charge in [-0.25, -0.2) is 0 Å². The fourth-order valence-electron chi connectivity index (χ4n) is 3.51. The van der Waals surface area contributed by atoms with Gasteiger partial charge in [-0.05, 0) is 25.0 Å². The molecule has 1 aliphatic heterocycles. The van der Waals surface area contributed by atoms with Crippen LogP contribution in [0.25, 0.3) is 0 Å². The topological polar surface area (TPSA) is 30.8 Å². The molecule has 0 spiro atoms. The Morgan fingerprint density at radius 2 is 1.74 bits per heavy atom. The Kier molecular flexibility index (Phi) is 6.48. The molecular weight excluding hydrogens is 354 g/mol. The molecule has 1 aliphatic rings. The van der Waals surface area contributed by atoms with Crippen molar-refractivity contribution in [1.82, 2.24) is 0 Å². The van der Waals surface area contributed by atoms with Crippen LogP contribution in [0.4, 0.5) is 0 Å². The maximum atomic E-state index is 5.58. The van der Waals surface area contributed by atoms with Gasteiger partial charge < -0.3 is 9.47 Å². The third-order valence-electron chi connectivity index (χ3n) is 5.29. The van der Waals surface area contributed by atoms with Gasteiger partial charge in [0, 0.05) is 21.8 Å². The van der Waals surface area contributed by atoms with E-state index in [1.54, 1.807) is 14.2 Å². The lowest BCUT2D eigenvalue weighted by molar-refractivity contribution is 0.354. The Morgan fingerprint density at radius 1 is 1.04 bits per heavy atom. The number of benzene rings is 2. The molecule has 2 aromatic carbocycles. The van der Waals surface area contributed by atoms with E-state index < -0.39 is 0 Å². The number of methoxy groups -OCH3 is 2. The van der Waals surface area contributed by atoms with Gasteiger partial charge in [0.15, 0.2) is 11.5 Å². The first-order chi connectivity index (χ1) is 13.2. The van der Waals surface area contributed by atoms with Gasteiger partial charge in [0.05, 0.1) is 25.5 Å². The maximum absolute atomic E-state index is 5.58. The zero-order valence-corrected chi connectivity index (χ0v) is 17.6. The number of hydrogen-bond donors (Lipinski definition) is 0. The van der Waals surface area contributed by atoms with Crippen molar-refractivity contribution in [2.24, 2.45) is 4.99 Å². The van der Waals surface area contributed by atoms with Crippen LogP contribution < -0.4 is 9.47 Å². The molecule has 0 aromatic heterocycles. The molecule has 0 N–H and O–H groups in total. The summed E-state index contributed by atoms with van der Waals surface area (Å²) in [4.78, 5) is 6.62. The summed E-state index contributed by atoms with van der Waals surface area (Å²) in [5, 5.41) is 0. The standard InChI is InChI=1S/C23H29NO2S/c1-5-7-13-23(6-2)16-27-21-15-20(26-4)19(25-3)14-18(21)22(24-23)17-11-9-8-10-12-17/h8-12,14-15H,5-7,13,16H2,1-4H3/t23-/m1/s1. The first-order valence-electron chi connectivity index (χ1n) is 9.71. The quantitative estimate of drug-likeness (QED) is 0.589. The second-order valence-corrected chi connectivity index (χ2v) is 8.02. The molecule has 1 atom stereocenters. The van der Waals surface area contributed by atoms with Crippen LogP contribution in [0.3, 0.4) is 0 Å². The van der Waals surface area contributed by atoms with Crippen molar-refractivity contribution in [3.8, 4) is 11.5 Å². The van der Waals surface area contributed by atoms with Crippen molar-refractivity contribution >= 4 is 17.5 Å². The number of unbranched alkanes of at least 4 members (excludes halogenated alkanes) is 1. The maximum Gasteiger partial charge on any atom is 0.161 e. The molecule has 0 amide bonds. The van der Waals surface area contributed by atoms with Crippen LogP contribution in [0.2, 0.25) is 0 Å². The molecule has 0 saturated carbocycles. The molecule has 0 aliphatic carbocycles. The lowest BCUT2D eigenvalue weighted by Gasteiger charge is -2.28. The Labute approximate surface area is 167 Å². The molecule has 4 heteroatoms. The summed E-state index contributed by atoms with van der Waals surface area (Å²) in [6.07, 6.45) is 4.55. The summed E-state index contributed by atoms with van der Waals surface area (Å²) < 4.78 is 11.1. The number of rotatable bonds is 7. The Bertz CT molecular complexity index is 804. The first-order valence-corrected chi connectivity index (χ1v) is 10.7. The van der Waals surface area contributed by atoms with Crippen molar-refractivity contribution in [3.05, 3.63) is 53.6 Å². The number of aliphatic imine (C=N–C) groups is 1. The van der Waals surface area contributed by atoms with Gasteiger partial charge in [-0.3, -0.25) is 4.99 Å². The van der Waals surface area contributed by atoms with Crippen LogP contribution in [0.15, 0.2) is 52.4 Å². The Balaban J connectivity index is 2.19. The molecule has 0 unspecified atom stereocenters. The van der Waals surface area contributed by atoms with Gasteiger partial charge in [-0.1, -0.05) is 57.0 Å².